The summed E-state index contributed by atoms with van der Waals surface area (Å²) in [6.45, 7) is 12.6. The van der Waals surface area contributed by atoms with Crippen molar-refractivity contribution in [3.05, 3.63) is 28.3 Å². The maximum absolute atomic E-state index is 5.47. The number of methoxy groups -OCH3 is 1. The third kappa shape index (κ3) is 3.95. The van der Waals surface area contributed by atoms with Gasteiger partial charge in [0.25, 0.3) is 0 Å². The number of hydrogen-bond donors (Lipinski definition) is 2. The average Bonchev–Trinajstić information content (AvgIpc) is 2.33. The van der Waals surface area contributed by atoms with Gasteiger partial charge < -0.3 is 15.4 Å². The van der Waals surface area contributed by atoms with Crippen LogP contribution in [-0.2, 0) is 6.54 Å². The lowest BCUT2D eigenvalue weighted by atomic mass is 9.97. The number of hydrogen-bond acceptors (Lipinski definition) is 3. The third-order valence-corrected chi connectivity index (χ3v) is 3.71. The number of aryl methyl sites for hydroxylation is 1. The molecular formula is C16H28N2O. The van der Waals surface area contributed by atoms with E-state index >= 15 is 0 Å². The van der Waals surface area contributed by atoms with Crippen LogP contribution in [0.2, 0.25) is 0 Å². The summed E-state index contributed by atoms with van der Waals surface area (Å²) < 4.78 is 5.47. The Labute approximate surface area is 117 Å². The molecule has 0 aliphatic rings. The van der Waals surface area contributed by atoms with Gasteiger partial charge in [-0.15, -0.1) is 0 Å². The highest BCUT2D eigenvalue weighted by atomic mass is 16.5. The molecule has 0 unspecified atom stereocenters. The zero-order chi connectivity index (χ0) is 14.6. The van der Waals surface area contributed by atoms with E-state index in [-0.39, 0.29) is 5.54 Å². The first-order valence-corrected chi connectivity index (χ1v) is 6.85. The molecule has 1 rings (SSSR count). The Bertz CT molecular complexity index is 439. The number of ether oxygens (including phenoxy) is 1. The second-order valence-electron chi connectivity index (χ2n) is 5.90. The number of nitrogens with one attached hydrogen (secondary N) is 2. The lowest BCUT2D eigenvalue weighted by molar-refractivity contribution is 0.373. The Kier molecular flexibility index (Phi) is 5.39. The van der Waals surface area contributed by atoms with Gasteiger partial charge in [-0.25, -0.2) is 0 Å². The summed E-state index contributed by atoms with van der Waals surface area (Å²) in [6, 6.07) is 2.23. The topological polar surface area (TPSA) is 33.3 Å². The van der Waals surface area contributed by atoms with Gasteiger partial charge in [0, 0.05) is 18.6 Å². The van der Waals surface area contributed by atoms with E-state index in [1.54, 1.807) is 7.11 Å². The average molecular weight is 264 g/mol. The molecule has 3 nitrogen and oxygen atoms in total. The number of rotatable bonds is 6. The summed E-state index contributed by atoms with van der Waals surface area (Å²) in [6.07, 6.45) is 0. The molecule has 0 heterocycles. The lowest BCUT2D eigenvalue weighted by Crippen LogP contribution is -2.46. The van der Waals surface area contributed by atoms with Gasteiger partial charge in [0.2, 0.25) is 0 Å². The summed E-state index contributed by atoms with van der Waals surface area (Å²) in [5, 5.41) is 6.82. The molecule has 0 atom stereocenters. The van der Waals surface area contributed by atoms with Gasteiger partial charge in [-0.2, -0.15) is 0 Å². The van der Waals surface area contributed by atoms with Gasteiger partial charge >= 0.3 is 0 Å². The van der Waals surface area contributed by atoms with Gasteiger partial charge in [-0.1, -0.05) is 6.07 Å². The molecule has 0 saturated carbocycles. The second kappa shape index (κ2) is 6.40. The summed E-state index contributed by atoms with van der Waals surface area (Å²) in [5.41, 5.74) is 5.19. The monoisotopic (exact) mass is 264 g/mol. The summed E-state index contributed by atoms with van der Waals surface area (Å²) in [7, 11) is 3.72. The molecule has 0 saturated heterocycles. The van der Waals surface area contributed by atoms with Crippen LogP contribution in [0, 0.1) is 20.8 Å². The predicted octanol–water partition coefficient (Wildman–Crippen LogP) is 2.71. The molecule has 1 aromatic rings. The molecule has 0 amide bonds. The molecule has 0 radical (unpaired) electrons. The van der Waals surface area contributed by atoms with Gasteiger partial charge in [0.15, 0.2) is 0 Å². The Balaban J connectivity index is 2.91. The molecule has 0 aliphatic heterocycles. The fourth-order valence-corrected chi connectivity index (χ4v) is 2.48. The molecule has 2 N–H and O–H groups in total. The first kappa shape index (κ1) is 16.0. The Morgan fingerprint density at radius 2 is 1.79 bits per heavy atom. The molecule has 0 bridgehead atoms. The standard InChI is InChI=1S/C16H28N2O/c1-11-8-14(9-18-16(4,5)10-17-6)12(2)13(3)15(11)19-7/h8,17-18H,9-10H2,1-7H3. The quantitative estimate of drug-likeness (QED) is 0.829. The maximum Gasteiger partial charge on any atom is 0.124 e. The highest BCUT2D eigenvalue weighted by Crippen LogP contribution is 2.28. The molecule has 0 aromatic heterocycles. The van der Waals surface area contributed by atoms with Crippen molar-refractivity contribution in [3.8, 4) is 5.75 Å². The van der Waals surface area contributed by atoms with Gasteiger partial charge in [0.05, 0.1) is 7.11 Å². The van der Waals surface area contributed by atoms with Crippen LogP contribution in [0.4, 0.5) is 0 Å². The van der Waals surface area contributed by atoms with Crippen LogP contribution in [0.1, 0.15) is 36.1 Å². The Morgan fingerprint density at radius 1 is 1.16 bits per heavy atom. The summed E-state index contributed by atoms with van der Waals surface area (Å²) >= 11 is 0. The van der Waals surface area contributed by atoms with Crippen LogP contribution in [-0.4, -0.2) is 26.2 Å². The zero-order valence-electron chi connectivity index (χ0n) is 13.4. The third-order valence-electron chi connectivity index (χ3n) is 3.71. The van der Waals surface area contributed by atoms with Crippen molar-refractivity contribution < 1.29 is 4.74 Å². The van der Waals surface area contributed by atoms with Crippen molar-refractivity contribution in [1.82, 2.24) is 10.6 Å². The Morgan fingerprint density at radius 3 is 2.32 bits per heavy atom. The molecule has 1 aromatic carbocycles. The van der Waals surface area contributed by atoms with Gasteiger partial charge in [-0.05, 0) is 63.9 Å². The van der Waals surface area contributed by atoms with Crippen LogP contribution in [0.3, 0.4) is 0 Å². The normalized spacial score (nSPS) is 11.7. The van der Waals surface area contributed by atoms with Gasteiger partial charge in [0.1, 0.15) is 5.75 Å². The van der Waals surface area contributed by atoms with E-state index in [0.29, 0.717) is 0 Å². The molecular weight excluding hydrogens is 236 g/mol. The molecule has 19 heavy (non-hydrogen) atoms. The highest BCUT2D eigenvalue weighted by Gasteiger charge is 2.17. The molecule has 0 aliphatic carbocycles. The number of likely N-dealkylation sites (N-methyl/N-ethyl adjacent to an activating group) is 1. The van der Waals surface area contributed by atoms with Crippen LogP contribution in [0.5, 0.6) is 5.75 Å². The van der Waals surface area contributed by atoms with Crippen LogP contribution < -0.4 is 15.4 Å². The van der Waals surface area contributed by atoms with E-state index < -0.39 is 0 Å². The molecule has 108 valence electrons. The molecule has 0 fully saturated rings. The second-order valence-corrected chi connectivity index (χ2v) is 5.90. The van der Waals surface area contributed by atoms with E-state index in [0.717, 1.165) is 18.8 Å². The predicted molar refractivity (Wildman–Crippen MR) is 82.1 cm³/mol. The summed E-state index contributed by atoms with van der Waals surface area (Å²) in [4.78, 5) is 0. The van der Waals surface area contributed by atoms with Crippen LogP contribution in [0.25, 0.3) is 0 Å². The fourth-order valence-electron chi connectivity index (χ4n) is 2.48. The SMILES string of the molecule is CNCC(C)(C)NCc1cc(C)c(OC)c(C)c1C. The van der Waals surface area contributed by atoms with Crippen molar-refractivity contribution in [2.45, 2.75) is 46.7 Å². The first-order chi connectivity index (χ1) is 8.82. The van der Waals surface area contributed by atoms with Crippen molar-refractivity contribution in [3.63, 3.8) is 0 Å². The molecule has 0 spiro atoms. The van der Waals surface area contributed by atoms with Crippen LogP contribution in [0.15, 0.2) is 6.07 Å². The van der Waals surface area contributed by atoms with Gasteiger partial charge in [-0.3, -0.25) is 0 Å². The zero-order valence-corrected chi connectivity index (χ0v) is 13.4. The maximum atomic E-state index is 5.47. The minimum atomic E-state index is 0.0862. The van der Waals surface area contributed by atoms with Crippen molar-refractivity contribution in [2.75, 3.05) is 20.7 Å². The largest absolute Gasteiger partial charge is 0.496 e. The lowest BCUT2D eigenvalue weighted by Gasteiger charge is -2.27. The van der Waals surface area contributed by atoms with Crippen molar-refractivity contribution >= 4 is 0 Å². The smallest absolute Gasteiger partial charge is 0.124 e. The van der Waals surface area contributed by atoms with E-state index in [2.05, 4.69) is 51.3 Å². The minimum absolute atomic E-state index is 0.0862. The van der Waals surface area contributed by atoms with Crippen molar-refractivity contribution in [2.24, 2.45) is 0 Å². The van der Waals surface area contributed by atoms with E-state index in [1.165, 1.54) is 22.3 Å². The van der Waals surface area contributed by atoms with E-state index in [4.69, 9.17) is 4.74 Å². The molecule has 3 heteroatoms. The number of benzene rings is 1. The first-order valence-electron chi connectivity index (χ1n) is 6.85. The summed E-state index contributed by atoms with van der Waals surface area (Å²) in [5.74, 6) is 1.01. The van der Waals surface area contributed by atoms with E-state index in [1.807, 2.05) is 7.05 Å². The highest BCUT2D eigenvalue weighted by molar-refractivity contribution is 5.48. The van der Waals surface area contributed by atoms with Crippen LogP contribution >= 0.6 is 0 Å². The van der Waals surface area contributed by atoms with E-state index in [9.17, 15) is 0 Å². The minimum Gasteiger partial charge on any atom is -0.496 e. The Hall–Kier alpha value is -1.06. The van der Waals surface area contributed by atoms with Crippen molar-refractivity contribution in [1.29, 1.82) is 0 Å². The fraction of sp³-hybridized carbons (Fsp3) is 0.625.